The van der Waals surface area contributed by atoms with Gasteiger partial charge in [-0.25, -0.2) is 4.98 Å². The van der Waals surface area contributed by atoms with E-state index < -0.39 is 10.5 Å². The summed E-state index contributed by atoms with van der Waals surface area (Å²) in [6.45, 7) is 1.32. The number of ether oxygens (including phenoxy) is 1. The number of nitriles is 1. The van der Waals surface area contributed by atoms with Crippen molar-refractivity contribution in [2.45, 2.75) is 23.9 Å². The second kappa shape index (κ2) is 9.97. The van der Waals surface area contributed by atoms with E-state index >= 15 is 0 Å². The summed E-state index contributed by atoms with van der Waals surface area (Å²) in [5, 5.41) is 21.8. The Hall–Kier alpha value is -3.84. The molecule has 1 aromatic heterocycles. The number of nitro groups is 1. The van der Waals surface area contributed by atoms with Crippen molar-refractivity contribution in [1.29, 1.82) is 5.26 Å². The molecule has 1 aliphatic heterocycles. The number of nitrogens with one attached hydrogen (secondary N) is 1. The fourth-order valence-electron chi connectivity index (χ4n) is 4.38. The van der Waals surface area contributed by atoms with Gasteiger partial charge in [-0.3, -0.25) is 14.9 Å². The second-order valence-electron chi connectivity index (χ2n) is 7.87. The molecule has 0 saturated carbocycles. The van der Waals surface area contributed by atoms with Crippen LogP contribution in [0.3, 0.4) is 0 Å². The molecule has 9 nitrogen and oxygen atoms in total. The molecule has 0 aliphatic carbocycles. The average molecular weight is 478 g/mol. The van der Waals surface area contributed by atoms with Crippen molar-refractivity contribution < 1.29 is 9.66 Å². The summed E-state index contributed by atoms with van der Waals surface area (Å²) < 4.78 is 5.50. The van der Waals surface area contributed by atoms with Crippen LogP contribution >= 0.6 is 11.8 Å². The highest BCUT2D eigenvalue weighted by atomic mass is 32.2. The van der Waals surface area contributed by atoms with Crippen molar-refractivity contribution in [2.75, 3.05) is 31.4 Å². The predicted molar refractivity (Wildman–Crippen MR) is 131 cm³/mol. The van der Waals surface area contributed by atoms with Crippen molar-refractivity contribution in [3.63, 3.8) is 0 Å². The Morgan fingerprint density at radius 3 is 2.65 bits per heavy atom. The quantitative estimate of drug-likeness (QED) is 0.241. The number of nitro benzene ring substituents is 1. The maximum Gasteiger partial charge on any atom is 0.293 e. The molecule has 10 heteroatoms. The van der Waals surface area contributed by atoms with Gasteiger partial charge in [0.1, 0.15) is 23.1 Å². The van der Waals surface area contributed by atoms with Crippen LogP contribution in [0.15, 0.2) is 52.4 Å². The number of rotatable bonds is 6. The summed E-state index contributed by atoms with van der Waals surface area (Å²) in [4.78, 5) is 32.7. The highest BCUT2D eigenvalue weighted by molar-refractivity contribution is 7.98. The van der Waals surface area contributed by atoms with Crippen LogP contribution < -0.4 is 15.2 Å². The first kappa shape index (κ1) is 23.3. The molecule has 0 atom stereocenters. The van der Waals surface area contributed by atoms with E-state index in [0.717, 1.165) is 24.2 Å². The van der Waals surface area contributed by atoms with Gasteiger partial charge in [-0.15, -0.1) is 0 Å². The molecule has 1 N–H and O–H groups in total. The van der Waals surface area contributed by atoms with E-state index in [2.05, 4.69) is 16.0 Å². The highest BCUT2D eigenvalue weighted by Crippen LogP contribution is 2.39. The van der Waals surface area contributed by atoms with Crippen LogP contribution in [0.2, 0.25) is 0 Å². The number of aromatic nitrogens is 2. The van der Waals surface area contributed by atoms with E-state index in [0.29, 0.717) is 35.4 Å². The van der Waals surface area contributed by atoms with E-state index in [-0.39, 0.29) is 16.9 Å². The molecule has 0 unspecified atom stereocenters. The SMILES string of the molecule is COc1ccccc1C1CCN(c2ccc(-c3nc(SC)[nH]c(=O)c3C#N)cc2[N+](=O)[O-])CC1. The molecule has 2 aromatic carbocycles. The van der Waals surface area contributed by atoms with Gasteiger partial charge in [0.05, 0.1) is 17.7 Å². The first-order valence-electron chi connectivity index (χ1n) is 10.7. The largest absolute Gasteiger partial charge is 0.496 e. The molecule has 1 saturated heterocycles. The maximum absolute atomic E-state index is 12.3. The number of methoxy groups -OCH3 is 1. The van der Waals surface area contributed by atoms with Crippen molar-refractivity contribution in [2.24, 2.45) is 0 Å². The Labute approximate surface area is 200 Å². The van der Waals surface area contributed by atoms with E-state index in [1.165, 1.54) is 17.8 Å². The maximum atomic E-state index is 12.3. The van der Waals surface area contributed by atoms with Gasteiger partial charge in [0, 0.05) is 24.7 Å². The van der Waals surface area contributed by atoms with Crippen molar-refractivity contribution in [1.82, 2.24) is 9.97 Å². The number of piperidine rings is 1. The van der Waals surface area contributed by atoms with E-state index in [1.807, 2.05) is 29.2 Å². The van der Waals surface area contributed by atoms with Gasteiger partial charge >= 0.3 is 0 Å². The van der Waals surface area contributed by atoms with Gasteiger partial charge < -0.3 is 14.6 Å². The third-order valence-electron chi connectivity index (χ3n) is 6.06. The minimum Gasteiger partial charge on any atom is -0.496 e. The van der Waals surface area contributed by atoms with Crippen LogP contribution in [0, 0.1) is 21.4 Å². The van der Waals surface area contributed by atoms with Crippen LogP contribution in [-0.4, -0.2) is 41.3 Å². The zero-order valence-corrected chi connectivity index (χ0v) is 19.6. The summed E-state index contributed by atoms with van der Waals surface area (Å²) in [6.07, 6.45) is 3.42. The molecule has 174 valence electrons. The number of hydrogen-bond acceptors (Lipinski definition) is 8. The number of thioether (sulfide) groups is 1. The molecule has 1 aliphatic rings. The number of para-hydroxylation sites is 1. The third kappa shape index (κ3) is 4.47. The van der Waals surface area contributed by atoms with Gasteiger partial charge in [0.15, 0.2) is 5.16 Å². The molecule has 1 fully saturated rings. The number of hydrogen-bond donors (Lipinski definition) is 1. The first-order valence-corrected chi connectivity index (χ1v) is 11.9. The monoisotopic (exact) mass is 477 g/mol. The average Bonchev–Trinajstić information content (AvgIpc) is 2.87. The van der Waals surface area contributed by atoms with Crippen LogP contribution in [0.5, 0.6) is 5.75 Å². The van der Waals surface area contributed by atoms with Gasteiger partial charge in [-0.05, 0) is 42.7 Å². The van der Waals surface area contributed by atoms with Crippen LogP contribution in [0.4, 0.5) is 11.4 Å². The molecular weight excluding hydrogens is 454 g/mol. The van der Waals surface area contributed by atoms with Gasteiger partial charge in [-0.1, -0.05) is 36.0 Å². The lowest BCUT2D eigenvalue weighted by atomic mass is 9.88. The Bertz CT molecular complexity index is 1330. The van der Waals surface area contributed by atoms with Gasteiger partial charge in [-0.2, -0.15) is 5.26 Å². The smallest absolute Gasteiger partial charge is 0.293 e. The lowest BCUT2D eigenvalue weighted by molar-refractivity contribution is -0.384. The number of nitrogens with zero attached hydrogens (tertiary/aromatic N) is 4. The summed E-state index contributed by atoms with van der Waals surface area (Å²) >= 11 is 1.22. The minimum atomic E-state index is -0.568. The summed E-state index contributed by atoms with van der Waals surface area (Å²) in [5.74, 6) is 1.17. The molecule has 0 bridgehead atoms. The standard InChI is InChI=1S/C24H23N5O4S/c1-33-21-6-4-3-5-17(21)15-9-11-28(12-10-15)19-8-7-16(13-20(19)29(31)32)22-18(14-25)23(30)27-24(26-22)34-2/h3-8,13,15H,9-12H2,1-2H3,(H,26,27,30). The number of H-pyrrole nitrogens is 1. The van der Waals surface area contributed by atoms with Crippen LogP contribution in [0.1, 0.15) is 29.9 Å². The Balaban J connectivity index is 1.64. The zero-order valence-electron chi connectivity index (χ0n) is 18.8. The topological polar surface area (TPSA) is 125 Å². The molecular formula is C24H23N5O4S. The minimum absolute atomic E-state index is 0.0788. The molecule has 0 spiro atoms. The van der Waals surface area contributed by atoms with Crippen molar-refractivity contribution >= 4 is 23.1 Å². The van der Waals surface area contributed by atoms with E-state index in [1.54, 1.807) is 25.5 Å². The molecule has 34 heavy (non-hydrogen) atoms. The Kier molecular flexibility index (Phi) is 6.84. The van der Waals surface area contributed by atoms with Crippen molar-refractivity contribution in [3.05, 3.63) is 74.1 Å². The number of anilines is 1. The predicted octanol–water partition coefficient (Wildman–Crippen LogP) is 4.33. The Morgan fingerprint density at radius 2 is 2.00 bits per heavy atom. The fourth-order valence-corrected chi connectivity index (χ4v) is 4.76. The summed E-state index contributed by atoms with van der Waals surface area (Å²) in [7, 11) is 1.66. The normalized spacial score (nSPS) is 14.0. The Morgan fingerprint density at radius 1 is 1.26 bits per heavy atom. The third-order valence-corrected chi connectivity index (χ3v) is 6.64. The molecule has 0 amide bonds. The molecule has 3 aromatic rings. The zero-order chi connectivity index (χ0) is 24.2. The van der Waals surface area contributed by atoms with Crippen LogP contribution in [-0.2, 0) is 0 Å². The second-order valence-corrected chi connectivity index (χ2v) is 8.67. The number of benzene rings is 2. The van der Waals surface area contributed by atoms with E-state index in [4.69, 9.17) is 4.74 Å². The highest BCUT2D eigenvalue weighted by Gasteiger charge is 2.28. The van der Waals surface area contributed by atoms with Gasteiger partial charge in [0.25, 0.3) is 11.2 Å². The van der Waals surface area contributed by atoms with E-state index in [9.17, 15) is 20.2 Å². The molecule has 0 radical (unpaired) electrons. The fraction of sp³-hybridized carbons (Fsp3) is 0.292. The molecule has 4 rings (SSSR count). The van der Waals surface area contributed by atoms with Crippen LogP contribution in [0.25, 0.3) is 11.3 Å². The first-order chi connectivity index (χ1) is 16.5. The lowest BCUT2D eigenvalue weighted by Gasteiger charge is -2.34. The van der Waals surface area contributed by atoms with Crippen molar-refractivity contribution in [3.8, 4) is 23.1 Å². The summed E-state index contributed by atoms with van der Waals surface area (Å²) in [6, 6.07) is 14.6. The lowest BCUT2D eigenvalue weighted by Crippen LogP contribution is -2.33. The van der Waals surface area contributed by atoms with Gasteiger partial charge in [0.2, 0.25) is 0 Å². The molecule has 2 heterocycles. The number of aromatic amines is 1. The summed E-state index contributed by atoms with van der Waals surface area (Å²) in [5.41, 5.74) is 1.35.